The second kappa shape index (κ2) is 6.10. The molecule has 0 unspecified atom stereocenters. The van der Waals surface area contributed by atoms with Crippen molar-refractivity contribution in [3.05, 3.63) is 53.6 Å². The molecule has 20 heavy (non-hydrogen) atoms. The van der Waals surface area contributed by atoms with E-state index >= 15 is 0 Å². The summed E-state index contributed by atoms with van der Waals surface area (Å²) in [4.78, 5) is 11.9. The van der Waals surface area contributed by atoms with Crippen LogP contribution in [0.15, 0.2) is 42.5 Å². The summed E-state index contributed by atoms with van der Waals surface area (Å²) in [6.45, 7) is 3.93. The largest absolute Gasteiger partial charge is 0.497 e. The van der Waals surface area contributed by atoms with Crippen molar-refractivity contribution in [3.8, 4) is 5.75 Å². The van der Waals surface area contributed by atoms with Crippen LogP contribution in [0, 0.1) is 13.8 Å². The Labute approximate surface area is 118 Å². The number of carbonyl (C=O) groups is 1. The smallest absolute Gasteiger partial charge is 0.323 e. The van der Waals surface area contributed by atoms with Crippen LogP contribution in [0.2, 0.25) is 0 Å². The third-order valence-electron chi connectivity index (χ3n) is 2.99. The first-order valence-corrected chi connectivity index (χ1v) is 6.38. The second-order valence-corrected chi connectivity index (χ2v) is 4.63. The van der Waals surface area contributed by atoms with Crippen molar-refractivity contribution in [2.75, 3.05) is 17.7 Å². The van der Waals surface area contributed by atoms with Crippen LogP contribution in [0.1, 0.15) is 11.1 Å². The lowest BCUT2D eigenvalue weighted by Crippen LogP contribution is -2.19. The molecule has 0 atom stereocenters. The Kier molecular flexibility index (Phi) is 4.25. The summed E-state index contributed by atoms with van der Waals surface area (Å²) in [5.74, 6) is 0.770. The standard InChI is InChI=1S/C16H18N2O2/c1-11-4-6-13(7-5-11)17-16(19)18-15-9-8-14(20-3)10-12(15)2/h4-10H,1-3H3,(H2,17,18,19). The van der Waals surface area contributed by atoms with E-state index in [9.17, 15) is 4.79 Å². The molecule has 0 bridgehead atoms. The summed E-state index contributed by atoms with van der Waals surface area (Å²) >= 11 is 0. The first-order valence-electron chi connectivity index (χ1n) is 6.38. The maximum atomic E-state index is 11.9. The fourth-order valence-corrected chi connectivity index (χ4v) is 1.82. The highest BCUT2D eigenvalue weighted by Gasteiger charge is 2.05. The van der Waals surface area contributed by atoms with Gasteiger partial charge in [-0.1, -0.05) is 17.7 Å². The van der Waals surface area contributed by atoms with E-state index in [0.717, 1.165) is 28.3 Å². The van der Waals surface area contributed by atoms with Gasteiger partial charge < -0.3 is 15.4 Å². The van der Waals surface area contributed by atoms with E-state index in [1.54, 1.807) is 7.11 Å². The van der Waals surface area contributed by atoms with Crippen molar-refractivity contribution in [2.24, 2.45) is 0 Å². The van der Waals surface area contributed by atoms with Crippen LogP contribution in [0.3, 0.4) is 0 Å². The van der Waals surface area contributed by atoms with E-state index in [4.69, 9.17) is 4.74 Å². The SMILES string of the molecule is COc1ccc(NC(=O)Nc2ccc(C)cc2)c(C)c1. The fraction of sp³-hybridized carbons (Fsp3) is 0.188. The highest BCUT2D eigenvalue weighted by molar-refractivity contribution is 6.00. The lowest BCUT2D eigenvalue weighted by molar-refractivity contribution is 0.262. The predicted octanol–water partition coefficient (Wildman–Crippen LogP) is 3.96. The maximum absolute atomic E-state index is 11.9. The van der Waals surface area contributed by atoms with Crippen LogP contribution in [0.5, 0.6) is 5.75 Å². The highest BCUT2D eigenvalue weighted by Crippen LogP contribution is 2.21. The molecule has 0 fully saturated rings. The van der Waals surface area contributed by atoms with Crippen LogP contribution >= 0.6 is 0 Å². The number of hydrogen-bond acceptors (Lipinski definition) is 2. The van der Waals surface area contributed by atoms with Gasteiger partial charge in [-0.3, -0.25) is 0 Å². The van der Waals surface area contributed by atoms with Gasteiger partial charge in [-0.05, 0) is 49.7 Å². The van der Waals surface area contributed by atoms with Gasteiger partial charge in [-0.2, -0.15) is 0 Å². The summed E-state index contributed by atoms with van der Waals surface area (Å²) in [5.41, 5.74) is 3.63. The van der Waals surface area contributed by atoms with E-state index in [1.165, 1.54) is 0 Å². The van der Waals surface area contributed by atoms with Crippen molar-refractivity contribution in [1.29, 1.82) is 0 Å². The van der Waals surface area contributed by atoms with Crippen LogP contribution < -0.4 is 15.4 Å². The third kappa shape index (κ3) is 3.51. The molecular weight excluding hydrogens is 252 g/mol. The summed E-state index contributed by atoms with van der Waals surface area (Å²) in [6.07, 6.45) is 0. The number of benzene rings is 2. The molecular formula is C16H18N2O2. The van der Waals surface area contributed by atoms with Crippen molar-refractivity contribution in [2.45, 2.75) is 13.8 Å². The van der Waals surface area contributed by atoms with Gasteiger partial charge in [0.1, 0.15) is 5.75 Å². The second-order valence-electron chi connectivity index (χ2n) is 4.63. The number of anilines is 2. The molecule has 0 aromatic heterocycles. The number of aryl methyl sites for hydroxylation is 2. The molecule has 0 saturated heterocycles. The Morgan fingerprint density at radius 3 is 2.30 bits per heavy atom. The number of nitrogens with one attached hydrogen (secondary N) is 2. The van der Waals surface area contributed by atoms with Crippen LogP contribution in [0.4, 0.5) is 16.2 Å². The molecule has 2 aromatic rings. The van der Waals surface area contributed by atoms with E-state index in [0.29, 0.717) is 0 Å². The first-order chi connectivity index (χ1) is 9.58. The van der Waals surface area contributed by atoms with Gasteiger partial charge in [0.15, 0.2) is 0 Å². The molecule has 0 radical (unpaired) electrons. The zero-order chi connectivity index (χ0) is 14.5. The van der Waals surface area contributed by atoms with Crippen molar-refractivity contribution in [3.63, 3.8) is 0 Å². The number of urea groups is 1. The molecule has 4 heteroatoms. The van der Waals surface area contributed by atoms with Gasteiger partial charge in [-0.15, -0.1) is 0 Å². The molecule has 2 aromatic carbocycles. The number of ether oxygens (including phenoxy) is 1. The average molecular weight is 270 g/mol. The van der Waals surface area contributed by atoms with Gasteiger partial charge in [0, 0.05) is 11.4 Å². The number of rotatable bonds is 3. The molecule has 4 nitrogen and oxygen atoms in total. The number of methoxy groups -OCH3 is 1. The van der Waals surface area contributed by atoms with Crippen molar-refractivity contribution in [1.82, 2.24) is 0 Å². The Bertz CT molecular complexity index is 606. The zero-order valence-electron chi connectivity index (χ0n) is 11.9. The van der Waals surface area contributed by atoms with E-state index in [2.05, 4.69) is 10.6 Å². The van der Waals surface area contributed by atoms with Crippen molar-refractivity contribution >= 4 is 17.4 Å². The van der Waals surface area contributed by atoms with Gasteiger partial charge in [0.2, 0.25) is 0 Å². The van der Waals surface area contributed by atoms with E-state index in [1.807, 2.05) is 56.3 Å². The summed E-state index contributed by atoms with van der Waals surface area (Å²) < 4.78 is 5.13. The third-order valence-corrected chi connectivity index (χ3v) is 2.99. The van der Waals surface area contributed by atoms with Gasteiger partial charge in [0.05, 0.1) is 7.11 Å². The minimum Gasteiger partial charge on any atom is -0.497 e. The predicted molar refractivity (Wildman–Crippen MR) is 81.6 cm³/mol. The lowest BCUT2D eigenvalue weighted by Gasteiger charge is -2.11. The molecule has 0 aliphatic carbocycles. The lowest BCUT2D eigenvalue weighted by atomic mass is 10.2. The topological polar surface area (TPSA) is 50.4 Å². The minimum absolute atomic E-state index is 0.262. The number of hydrogen-bond donors (Lipinski definition) is 2. The molecule has 0 saturated carbocycles. The molecule has 0 heterocycles. The molecule has 2 N–H and O–H groups in total. The average Bonchev–Trinajstić information content (AvgIpc) is 2.43. The highest BCUT2D eigenvalue weighted by atomic mass is 16.5. The summed E-state index contributed by atoms with van der Waals surface area (Å²) in [6, 6.07) is 12.9. The molecule has 104 valence electrons. The van der Waals surface area contributed by atoms with Gasteiger partial charge in [-0.25, -0.2) is 4.79 Å². The van der Waals surface area contributed by atoms with Crippen LogP contribution in [0.25, 0.3) is 0 Å². The quantitative estimate of drug-likeness (QED) is 0.887. The summed E-state index contributed by atoms with van der Waals surface area (Å²) in [7, 11) is 1.62. The van der Waals surface area contributed by atoms with Crippen LogP contribution in [-0.4, -0.2) is 13.1 Å². The first kappa shape index (κ1) is 13.9. The Morgan fingerprint density at radius 1 is 1.00 bits per heavy atom. The molecule has 2 rings (SSSR count). The maximum Gasteiger partial charge on any atom is 0.323 e. The van der Waals surface area contributed by atoms with E-state index in [-0.39, 0.29) is 6.03 Å². The fourth-order valence-electron chi connectivity index (χ4n) is 1.82. The monoisotopic (exact) mass is 270 g/mol. The van der Waals surface area contributed by atoms with Crippen molar-refractivity contribution < 1.29 is 9.53 Å². The Morgan fingerprint density at radius 2 is 1.70 bits per heavy atom. The molecule has 0 aliphatic rings. The van der Waals surface area contributed by atoms with Gasteiger partial charge >= 0.3 is 6.03 Å². The Balaban J connectivity index is 2.02. The molecule has 0 aliphatic heterocycles. The normalized spacial score (nSPS) is 9.95. The zero-order valence-corrected chi connectivity index (χ0v) is 11.9. The molecule has 2 amide bonds. The Hall–Kier alpha value is -2.49. The van der Waals surface area contributed by atoms with Crippen LogP contribution in [-0.2, 0) is 0 Å². The van der Waals surface area contributed by atoms with Gasteiger partial charge in [0.25, 0.3) is 0 Å². The number of amides is 2. The molecule has 0 spiro atoms. The number of carbonyl (C=O) groups excluding carboxylic acids is 1. The summed E-state index contributed by atoms with van der Waals surface area (Å²) in [5, 5.41) is 5.61. The van der Waals surface area contributed by atoms with E-state index < -0.39 is 0 Å². The minimum atomic E-state index is -0.262.